The molecule has 0 aromatic heterocycles. The first-order chi connectivity index (χ1) is 11.4. The molecule has 1 aromatic rings. The fraction of sp³-hybridized carbons (Fsp3) is 0.667. The van der Waals surface area contributed by atoms with Gasteiger partial charge >= 0.3 is 0 Å². The van der Waals surface area contributed by atoms with Gasteiger partial charge in [-0.3, -0.25) is 9.80 Å². The van der Waals surface area contributed by atoms with E-state index in [1.165, 1.54) is 0 Å². The van der Waals surface area contributed by atoms with Crippen LogP contribution in [-0.4, -0.2) is 56.0 Å². The van der Waals surface area contributed by atoms with Gasteiger partial charge in [0.2, 0.25) is 0 Å². The van der Waals surface area contributed by atoms with E-state index in [4.69, 9.17) is 9.47 Å². The van der Waals surface area contributed by atoms with E-state index in [-0.39, 0.29) is 5.79 Å². The van der Waals surface area contributed by atoms with Crippen LogP contribution in [0.1, 0.15) is 34.6 Å². The van der Waals surface area contributed by atoms with Crippen LogP contribution in [0.5, 0.6) is 11.5 Å². The van der Waals surface area contributed by atoms with Crippen molar-refractivity contribution in [3.05, 3.63) is 16.6 Å². The van der Waals surface area contributed by atoms with Crippen molar-refractivity contribution in [3.63, 3.8) is 0 Å². The number of ether oxygens (including phenoxy) is 2. The highest BCUT2D eigenvalue weighted by Crippen LogP contribution is 2.38. The molecule has 5 nitrogen and oxygen atoms in total. The Balaban J connectivity index is 3.33. The molecule has 138 valence electrons. The summed E-state index contributed by atoms with van der Waals surface area (Å²) in [5.41, 5.74) is 0.981. The third-order valence-corrected chi connectivity index (χ3v) is 5.26. The molecule has 1 N–H and O–H groups in total. The van der Waals surface area contributed by atoms with Crippen LogP contribution in [0, 0.1) is 0 Å². The van der Waals surface area contributed by atoms with E-state index in [0.29, 0.717) is 11.5 Å². The zero-order chi connectivity index (χ0) is 18.3. The third kappa shape index (κ3) is 4.35. The zero-order valence-corrected chi connectivity index (χ0v) is 17.7. The molecule has 1 aromatic carbocycles. The van der Waals surface area contributed by atoms with Crippen LogP contribution in [0.2, 0.25) is 0 Å². The maximum Gasteiger partial charge on any atom is 0.162 e. The van der Waals surface area contributed by atoms with E-state index in [1.807, 2.05) is 12.1 Å². The summed E-state index contributed by atoms with van der Waals surface area (Å²) >= 11 is 3.65. The molecule has 0 aliphatic heterocycles. The molecule has 1 rings (SSSR count). The van der Waals surface area contributed by atoms with Crippen molar-refractivity contribution in [2.45, 2.75) is 40.4 Å². The largest absolute Gasteiger partial charge is 0.493 e. The Morgan fingerprint density at radius 2 is 1.33 bits per heavy atom. The standard InChI is InChI=1S/C18H32BrN3O2/c1-8-21(9-2)18(5,22(10-3)11-4)20-15-13-17(24-7)16(23-6)12-14(15)19/h12-13,20H,8-11H2,1-7H3. The Kier molecular flexibility index (Phi) is 8.33. The number of halogens is 1. The summed E-state index contributed by atoms with van der Waals surface area (Å²) in [4.78, 5) is 4.84. The van der Waals surface area contributed by atoms with E-state index in [1.54, 1.807) is 14.2 Å². The van der Waals surface area contributed by atoms with Crippen LogP contribution in [0.4, 0.5) is 5.69 Å². The number of anilines is 1. The average molecular weight is 402 g/mol. The number of nitrogens with one attached hydrogen (secondary N) is 1. The first-order valence-electron chi connectivity index (χ1n) is 8.61. The van der Waals surface area contributed by atoms with Crippen molar-refractivity contribution >= 4 is 21.6 Å². The summed E-state index contributed by atoms with van der Waals surface area (Å²) in [7, 11) is 3.30. The van der Waals surface area contributed by atoms with Gasteiger partial charge in [0.25, 0.3) is 0 Å². The van der Waals surface area contributed by atoms with Crippen LogP contribution < -0.4 is 14.8 Å². The second-order valence-electron chi connectivity index (χ2n) is 5.68. The van der Waals surface area contributed by atoms with Gasteiger partial charge in [-0.2, -0.15) is 0 Å². The molecule has 0 unspecified atom stereocenters. The fourth-order valence-corrected chi connectivity index (χ4v) is 3.66. The number of nitrogens with zero attached hydrogens (tertiary/aromatic N) is 2. The minimum Gasteiger partial charge on any atom is -0.493 e. The van der Waals surface area contributed by atoms with Crippen molar-refractivity contribution in [3.8, 4) is 11.5 Å². The van der Waals surface area contributed by atoms with Crippen molar-refractivity contribution in [1.29, 1.82) is 0 Å². The molecule has 0 saturated carbocycles. The van der Waals surface area contributed by atoms with Gasteiger partial charge in [-0.1, -0.05) is 27.7 Å². The summed E-state index contributed by atoms with van der Waals surface area (Å²) < 4.78 is 11.8. The van der Waals surface area contributed by atoms with Gasteiger partial charge < -0.3 is 14.8 Å². The summed E-state index contributed by atoms with van der Waals surface area (Å²) in [6, 6.07) is 3.92. The van der Waals surface area contributed by atoms with Gasteiger partial charge in [-0.25, -0.2) is 0 Å². The highest BCUT2D eigenvalue weighted by molar-refractivity contribution is 9.10. The second kappa shape index (κ2) is 9.49. The van der Waals surface area contributed by atoms with Crippen LogP contribution >= 0.6 is 15.9 Å². The van der Waals surface area contributed by atoms with Crippen molar-refractivity contribution in [2.75, 3.05) is 45.7 Å². The van der Waals surface area contributed by atoms with Crippen LogP contribution in [-0.2, 0) is 0 Å². The third-order valence-electron chi connectivity index (χ3n) is 4.60. The highest BCUT2D eigenvalue weighted by Gasteiger charge is 2.35. The smallest absolute Gasteiger partial charge is 0.162 e. The van der Waals surface area contributed by atoms with Crippen molar-refractivity contribution in [1.82, 2.24) is 9.80 Å². The fourth-order valence-electron chi connectivity index (χ4n) is 3.24. The molecule has 0 aliphatic carbocycles. The Morgan fingerprint density at radius 1 is 0.917 bits per heavy atom. The summed E-state index contributed by atoms with van der Waals surface area (Å²) in [6.45, 7) is 14.8. The first kappa shape index (κ1) is 21.1. The maximum atomic E-state index is 5.46. The van der Waals surface area contributed by atoms with Crippen LogP contribution in [0.15, 0.2) is 16.6 Å². The number of methoxy groups -OCH3 is 2. The van der Waals surface area contributed by atoms with E-state index < -0.39 is 0 Å². The molecule has 0 aliphatic rings. The molecular formula is C18H32BrN3O2. The minimum atomic E-state index is -0.297. The lowest BCUT2D eigenvalue weighted by atomic mass is 10.2. The lowest BCUT2D eigenvalue weighted by molar-refractivity contribution is -0.0125. The topological polar surface area (TPSA) is 37.0 Å². The molecule has 0 amide bonds. The minimum absolute atomic E-state index is 0.297. The van der Waals surface area contributed by atoms with Crippen molar-refractivity contribution < 1.29 is 9.47 Å². The normalized spacial score (nSPS) is 11.9. The predicted molar refractivity (Wildman–Crippen MR) is 105 cm³/mol. The number of rotatable bonds is 10. The molecule has 0 bridgehead atoms. The van der Waals surface area contributed by atoms with Gasteiger partial charge in [-0.15, -0.1) is 0 Å². The number of hydrogen-bond acceptors (Lipinski definition) is 5. The lowest BCUT2D eigenvalue weighted by Gasteiger charge is -2.48. The predicted octanol–water partition coefficient (Wildman–Crippen LogP) is 4.24. The molecule has 0 radical (unpaired) electrons. The maximum absolute atomic E-state index is 5.46. The van der Waals surface area contributed by atoms with E-state index in [2.05, 4.69) is 65.7 Å². The quantitative estimate of drug-likeness (QED) is 0.593. The second-order valence-corrected chi connectivity index (χ2v) is 6.53. The van der Waals surface area contributed by atoms with Gasteiger partial charge in [-0.05, 0) is 49.0 Å². The first-order valence-corrected chi connectivity index (χ1v) is 9.40. The monoisotopic (exact) mass is 401 g/mol. The molecule has 6 heteroatoms. The highest BCUT2D eigenvalue weighted by atomic mass is 79.9. The Labute approximate surface area is 155 Å². The SMILES string of the molecule is CCN(CC)C(C)(Nc1cc(OC)c(OC)cc1Br)N(CC)CC. The van der Waals surface area contributed by atoms with E-state index in [9.17, 15) is 0 Å². The van der Waals surface area contributed by atoms with Gasteiger partial charge in [0.1, 0.15) is 5.79 Å². The van der Waals surface area contributed by atoms with Crippen LogP contribution in [0.25, 0.3) is 0 Å². The number of hydrogen-bond donors (Lipinski definition) is 1. The van der Waals surface area contributed by atoms with Gasteiger partial charge in [0, 0.05) is 16.6 Å². The zero-order valence-electron chi connectivity index (χ0n) is 16.1. The molecule has 0 atom stereocenters. The number of benzene rings is 1. The van der Waals surface area contributed by atoms with Crippen molar-refractivity contribution in [2.24, 2.45) is 0 Å². The van der Waals surface area contributed by atoms with Gasteiger partial charge in [0.15, 0.2) is 11.5 Å². The van der Waals surface area contributed by atoms with Gasteiger partial charge in [0.05, 0.1) is 19.9 Å². The summed E-state index contributed by atoms with van der Waals surface area (Å²) in [5.74, 6) is 1.13. The summed E-state index contributed by atoms with van der Waals surface area (Å²) in [6.07, 6.45) is 0. The Bertz CT molecular complexity index is 505. The molecule has 24 heavy (non-hydrogen) atoms. The summed E-state index contributed by atoms with van der Waals surface area (Å²) in [5, 5.41) is 3.72. The van der Waals surface area contributed by atoms with E-state index in [0.717, 1.165) is 36.3 Å². The Morgan fingerprint density at radius 3 is 1.71 bits per heavy atom. The molecule has 0 saturated heterocycles. The molecular weight excluding hydrogens is 370 g/mol. The van der Waals surface area contributed by atoms with Crippen LogP contribution in [0.3, 0.4) is 0 Å². The lowest BCUT2D eigenvalue weighted by Crippen LogP contribution is -2.63. The molecule has 0 heterocycles. The average Bonchev–Trinajstić information content (AvgIpc) is 2.58. The molecule has 0 spiro atoms. The van der Waals surface area contributed by atoms with E-state index >= 15 is 0 Å². The Hall–Kier alpha value is -0.980. The molecule has 0 fully saturated rings.